The zero-order chi connectivity index (χ0) is 19.9. The van der Waals surface area contributed by atoms with Gasteiger partial charge in [0.05, 0.1) is 27.3 Å². The first kappa shape index (κ1) is 18.3. The van der Waals surface area contributed by atoms with Crippen molar-refractivity contribution in [3.05, 3.63) is 58.7 Å². The van der Waals surface area contributed by atoms with E-state index in [0.29, 0.717) is 11.4 Å². The van der Waals surface area contributed by atoms with Crippen LogP contribution in [0.5, 0.6) is 0 Å². The van der Waals surface area contributed by atoms with Crippen LogP contribution in [-0.4, -0.2) is 35.8 Å². The molecule has 0 radical (unpaired) electrons. The van der Waals surface area contributed by atoms with Crippen LogP contribution in [0.1, 0.15) is 15.5 Å². The van der Waals surface area contributed by atoms with Crippen molar-refractivity contribution in [2.45, 2.75) is 11.8 Å². The van der Waals surface area contributed by atoms with E-state index in [2.05, 4.69) is 20.5 Å². The predicted molar refractivity (Wildman–Crippen MR) is 109 cm³/mol. The average Bonchev–Trinajstić information content (AvgIpc) is 3.30. The summed E-state index contributed by atoms with van der Waals surface area (Å²) >= 11 is 1.41. The molecule has 0 aliphatic rings. The van der Waals surface area contributed by atoms with Gasteiger partial charge in [-0.3, -0.25) is 9.89 Å². The van der Waals surface area contributed by atoms with E-state index in [0.717, 1.165) is 27.0 Å². The number of anilines is 1. The molecule has 0 saturated carbocycles. The van der Waals surface area contributed by atoms with Crippen molar-refractivity contribution in [1.29, 1.82) is 0 Å². The largest absolute Gasteiger partial charge is 0.320 e. The highest BCUT2D eigenvalue weighted by molar-refractivity contribution is 7.90. The minimum absolute atomic E-state index is 0.256. The van der Waals surface area contributed by atoms with E-state index >= 15 is 0 Å². The molecule has 0 aliphatic carbocycles. The number of aromatic nitrogens is 3. The van der Waals surface area contributed by atoms with Gasteiger partial charge in [0.15, 0.2) is 9.84 Å². The molecule has 4 aromatic rings. The normalized spacial score (nSPS) is 11.6. The molecule has 0 spiro atoms. The number of aryl methyl sites for hydroxylation is 1. The molecule has 0 aliphatic heterocycles. The van der Waals surface area contributed by atoms with Crippen LogP contribution < -0.4 is 5.32 Å². The van der Waals surface area contributed by atoms with Crippen LogP contribution in [0, 0.1) is 6.92 Å². The molecule has 0 unspecified atom stereocenters. The van der Waals surface area contributed by atoms with E-state index in [9.17, 15) is 13.2 Å². The third-order valence-corrected chi connectivity index (χ3v) is 6.18. The lowest BCUT2D eigenvalue weighted by Crippen LogP contribution is -2.12. The van der Waals surface area contributed by atoms with Crippen molar-refractivity contribution in [3.63, 3.8) is 0 Å². The standard InChI is InChI=1S/C19H16N4O3S2/c1-11-21-18(10-27-11)19(24)22-16-7-13(8-17-15(16)9-20-23-17)12-3-5-14(6-4-12)28(2,25)26/h3-10H,1-2H3,(H,20,23)(H,22,24). The van der Waals surface area contributed by atoms with E-state index in [4.69, 9.17) is 0 Å². The quantitative estimate of drug-likeness (QED) is 0.532. The minimum Gasteiger partial charge on any atom is -0.320 e. The predicted octanol–water partition coefficient (Wildman–Crippen LogP) is 3.65. The number of rotatable bonds is 4. The second-order valence-corrected chi connectivity index (χ2v) is 9.44. The van der Waals surface area contributed by atoms with Gasteiger partial charge in [0.1, 0.15) is 5.69 Å². The number of fused-ring (bicyclic) bond motifs is 1. The van der Waals surface area contributed by atoms with E-state index in [-0.39, 0.29) is 10.8 Å². The third kappa shape index (κ3) is 3.54. The second-order valence-electron chi connectivity index (χ2n) is 6.36. The Labute approximate surface area is 165 Å². The summed E-state index contributed by atoms with van der Waals surface area (Å²) in [5.41, 5.74) is 3.37. The maximum atomic E-state index is 12.5. The van der Waals surface area contributed by atoms with E-state index in [1.54, 1.807) is 35.8 Å². The Morgan fingerprint density at radius 3 is 2.54 bits per heavy atom. The lowest BCUT2D eigenvalue weighted by Gasteiger charge is -2.09. The molecule has 0 bridgehead atoms. The molecule has 28 heavy (non-hydrogen) atoms. The van der Waals surface area contributed by atoms with Crippen LogP contribution in [0.25, 0.3) is 22.0 Å². The van der Waals surface area contributed by atoms with Crippen LogP contribution in [0.4, 0.5) is 5.69 Å². The van der Waals surface area contributed by atoms with Gasteiger partial charge >= 0.3 is 0 Å². The highest BCUT2D eigenvalue weighted by Crippen LogP contribution is 2.31. The van der Waals surface area contributed by atoms with E-state index in [1.807, 2.05) is 19.1 Å². The molecule has 1 amide bonds. The number of carbonyl (C=O) groups excluding carboxylic acids is 1. The van der Waals surface area contributed by atoms with Gasteiger partial charge in [0, 0.05) is 17.0 Å². The summed E-state index contributed by atoms with van der Waals surface area (Å²) in [6.07, 6.45) is 2.82. The average molecular weight is 412 g/mol. The highest BCUT2D eigenvalue weighted by atomic mass is 32.2. The van der Waals surface area contributed by atoms with Crippen LogP contribution in [-0.2, 0) is 9.84 Å². The molecule has 0 fully saturated rings. The highest BCUT2D eigenvalue weighted by Gasteiger charge is 2.14. The summed E-state index contributed by atoms with van der Waals surface area (Å²) in [6, 6.07) is 10.4. The number of aromatic amines is 1. The SMILES string of the molecule is Cc1nc(C(=O)Nc2cc(-c3ccc(S(C)(=O)=O)cc3)cc3[nH]ncc23)cs1. The van der Waals surface area contributed by atoms with Crippen LogP contribution in [0.3, 0.4) is 0 Å². The minimum atomic E-state index is -3.26. The van der Waals surface area contributed by atoms with E-state index in [1.165, 1.54) is 17.6 Å². The number of nitrogens with zero attached hydrogens (tertiary/aromatic N) is 2. The summed E-state index contributed by atoms with van der Waals surface area (Å²) in [5, 5.41) is 13.2. The molecule has 2 heterocycles. The summed E-state index contributed by atoms with van der Waals surface area (Å²) < 4.78 is 23.3. The zero-order valence-electron chi connectivity index (χ0n) is 15.1. The smallest absolute Gasteiger partial charge is 0.275 e. The molecule has 0 atom stereocenters. The Kier molecular flexibility index (Phi) is 4.48. The van der Waals surface area contributed by atoms with Crippen LogP contribution >= 0.6 is 11.3 Å². The molecule has 2 aromatic heterocycles. The lowest BCUT2D eigenvalue weighted by atomic mass is 10.0. The fraction of sp³-hybridized carbons (Fsp3) is 0.105. The summed E-state index contributed by atoms with van der Waals surface area (Å²) in [5.74, 6) is -0.295. The van der Waals surface area contributed by atoms with Gasteiger partial charge in [-0.05, 0) is 42.3 Å². The van der Waals surface area contributed by atoms with Gasteiger partial charge in [-0.15, -0.1) is 11.3 Å². The molecule has 142 valence electrons. The Hall–Kier alpha value is -3.04. The second kappa shape index (κ2) is 6.84. The maximum Gasteiger partial charge on any atom is 0.275 e. The number of hydrogen-bond acceptors (Lipinski definition) is 6. The summed E-state index contributed by atoms with van der Waals surface area (Å²) in [7, 11) is -3.26. The fourth-order valence-electron chi connectivity index (χ4n) is 2.87. The number of thiazole rings is 1. The number of amides is 1. The van der Waals surface area contributed by atoms with Crippen molar-refractivity contribution >= 4 is 43.7 Å². The summed E-state index contributed by atoms with van der Waals surface area (Å²) in [4.78, 5) is 17.0. The number of H-pyrrole nitrogens is 1. The van der Waals surface area contributed by atoms with Gasteiger partial charge in [-0.1, -0.05) is 12.1 Å². The van der Waals surface area contributed by atoms with Gasteiger partial charge in [-0.2, -0.15) is 5.10 Å². The topological polar surface area (TPSA) is 105 Å². The van der Waals surface area contributed by atoms with Gasteiger partial charge in [-0.25, -0.2) is 13.4 Å². The third-order valence-electron chi connectivity index (χ3n) is 4.27. The van der Waals surface area contributed by atoms with Crippen LogP contribution in [0.15, 0.2) is 52.9 Å². The Bertz CT molecular complexity index is 1290. The van der Waals surface area contributed by atoms with Crippen molar-refractivity contribution < 1.29 is 13.2 Å². The van der Waals surface area contributed by atoms with E-state index < -0.39 is 9.84 Å². The van der Waals surface area contributed by atoms with Gasteiger partial charge < -0.3 is 5.32 Å². The molecule has 2 N–H and O–H groups in total. The zero-order valence-corrected chi connectivity index (χ0v) is 16.7. The first-order chi connectivity index (χ1) is 13.3. The van der Waals surface area contributed by atoms with Gasteiger partial charge in [0.25, 0.3) is 5.91 Å². The van der Waals surface area contributed by atoms with Crippen molar-refractivity contribution in [2.75, 3.05) is 11.6 Å². The summed E-state index contributed by atoms with van der Waals surface area (Å²) in [6.45, 7) is 1.84. The fourth-order valence-corrected chi connectivity index (χ4v) is 4.09. The van der Waals surface area contributed by atoms with Crippen LogP contribution in [0.2, 0.25) is 0 Å². The molecular weight excluding hydrogens is 396 g/mol. The van der Waals surface area contributed by atoms with Gasteiger partial charge in [0.2, 0.25) is 0 Å². The maximum absolute atomic E-state index is 12.5. The first-order valence-electron chi connectivity index (χ1n) is 8.32. The number of hydrogen-bond donors (Lipinski definition) is 2. The molecule has 2 aromatic carbocycles. The number of sulfone groups is 1. The lowest BCUT2D eigenvalue weighted by molar-refractivity contribution is 0.102. The molecular formula is C19H16N4O3S2. The Morgan fingerprint density at radius 1 is 1.14 bits per heavy atom. The number of nitrogens with one attached hydrogen (secondary N) is 2. The first-order valence-corrected chi connectivity index (χ1v) is 11.1. The molecule has 7 nitrogen and oxygen atoms in total. The Balaban J connectivity index is 1.74. The number of benzene rings is 2. The molecule has 4 rings (SSSR count). The van der Waals surface area contributed by atoms with Crippen molar-refractivity contribution in [1.82, 2.24) is 15.2 Å². The Morgan fingerprint density at radius 2 is 1.89 bits per heavy atom. The van der Waals surface area contributed by atoms with Crippen molar-refractivity contribution in [3.8, 4) is 11.1 Å². The number of carbonyl (C=O) groups is 1. The molecule has 9 heteroatoms. The monoisotopic (exact) mass is 412 g/mol. The van der Waals surface area contributed by atoms with Crippen molar-refractivity contribution in [2.24, 2.45) is 0 Å². The molecule has 0 saturated heterocycles.